The van der Waals surface area contributed by atoms with Gasteiger partial charge in [-0.15, -0.1) is 0 Å². The van der Waals surface area contributed by atoms with Crippen LogP contribution in [0.25, 0.3) is 0 Å². The van der Waals surface area contributed by atoms with Gasteiger partial charge in [-0.1, -0.05) is 18.6 Å². The van der Waals surface area contributed by atoms with E-state index in [1.54, 1.807) is 0 Å². The van der Waals surface area contributed by atoms with E-state index >= 15 is 0 Å². The maximum atomic E-state index is 11.6. The fourth-order valence-electron chi connectivity index (χ4n) is 5.52. The molecule has 2 aliphatic heterocycles. The van der Waals surface area contributed by atoms with Gasteiger partial charge in [-0.2, -0.15) is 0 Å². The zero-order valence-electron chi connectivity index (χ0n) is 15.3. The lowest BCUT2D eigenvalue weighted by molar-refractivity contribution is -0.223. The average Bonchev–Trinajstić information content (AvgIpc) is 3.28. The van der Waals surface area contributed by atoms with Gasteiger partial charge in [0.05, 0.1) is 12.7 Å². The summed E-state index contributed by atoms with van der Waals surface area (Å²) < 4.78 is 23.6. The standard InChI is InChI=1S/C19H26O6/c1-11-5-6-18(9-22-12(2)20)15(7-11)25-16-14(24-13(3)21)8-17(18,4)19(16)10-23-19/h7,14-16H,5-6,8-10H2,1-4H3/t14-,15?,16?,17-,18-,19?/m1/s1. The average molecular weight is 350 g/mol. The number of rotatable bonds is 3. The predicted molar refractivity (Wildman–Crippen MR) is 87.7 cm³/mol. The Balaban J connectivity index is 1.77. The first-order chi connectivity index (χ1) is 11.7. The number of hydrogen-bond acceptors (Lipinski definition) is 6. The van der Waals surface area contributed by atoms with Crippen LogP contribution in [0.5, 0.6) is 0 Å². The van der Waals surface area contributed by atoms with E-state index in [2.05, 4.69) is 19.9 Å². The second-order valence-corrected chi connectivity index (χ2v) is 8.29. The van der Waals surface area contributed by atoms with E-state index in [1.807, 2.05) is 0 Å². The van der Waals surface area contributed by atoms with Gasteiger partial charge in [-0.3, -0.25) is 9.59 Å². The van der Waals surface area contributed by atoms with Crippen molar-refractivity contribution < 1.29 is 28.5 Å². The molecule has 0 radical (unpaired) electrons. The lowest BCUT2D eigenvalue weighted by Crippen LogP contribution is -2.64. The minimum atomic E-state index is -0.442. The van der Waals surface area contributed by atoms with Crippen molar-refractivity contribution in [3.05, 3.63) is 11.6 Å². The van der Waals surface area contributed by atoms with E-state index in [0.29, 0.717) is 19.6 Å². The third-order valence-corrected chi connectivity index (χ3v) is 6.98. The second kappa shape index (κ2) is 5.30. The molecule has 0 aromatic heterocycles. The van der Waals surface area contributed by atoms with Crippen LogP contribution in [0.2, 0.25) is 0 Å². The topological polar surface area (TPSA) is 74.4 Å². The molecule has 6 atom stereocenters. The summed E-state index contributed by atoms with van der Waals surface area (Å²) in [4.78, 5) is 23.1. The summed E-state index contributed by atoms with van der Waals surface area (Å²) in [7, 11) is 0. The highest BCUT2D eigenvalue weighted by molar-refractivity contribution is 5.66. The minimum absolute atomic E-state index is 0.161. The summed E-state index contributed by atoms with van der Waals surface area (Å²) in [6, 6.07) is 0. The van der Waals surface area contributed by atoms with E-state index < -0.39 is 5.60 Å². The fraction of sp³-hybridized carbons (Fsp3) is 0.789. The summed E-state index contributed by atoms with van der Waals surface area (Å²) >= 11 is 0. The molecule has 6 nitrogen and oxygen atoms in total. The van der Waals surface area contributed by atoms with Crippen LogP contribution >= 0.6 is 0 Å². The fourth-order valence-corrected chi connectivity index (χ4v) is 5.52. The zero-order valence-corrected chi connectivity index (χ0v) is 15.3. The first kappa shape index (κ1) is 17.0. The number of fused-ring (bicyclic) bond motifs is 2. The van der Waals surface area contributed by atoms with E-state index in [-0.39, 0.29) is 41.1 Å². The van der Waals surface area contributed by atoms with Crippen molar-refractivity contribution in [1.29, 1.82) is 0 Å². The molecule has 138 valence electrons. The Kier molecular flexibility index (Phi) is 3.61. The summed E-state index contributed by atoms with van der Waals surface area (Å²) in [6.45, 7) is 8.07. The van der Waals surface area contributed by atoms with E-state index in [4.69, 9.17) is 18.9 Å². The number of hydrogen-bond donors (Lipinski definition) is 0. The molecule has 6 heteroatoms. The number of allylic oxidation sites excluding steroid dienone is 1. The van der Waals surface area contributed by atoms with Gasteiger partial charge in [0.1, 0.15) is 24.4 Å². The summed E-state index contributed by atoms with van der Waals surface area (Å²) in [5.74, 6) is -0.588. The van der Waals surface area contributed by atoms with Crippen molar-refractivity contribution in [3.63, 3.8) is 0 Å². The monoisotopic (exact) mass is 350 g/mol. The van der Waals surface area contributed by atoms with Crippen molar-refractivity contribution in [2.45, 2.75) is 70.9 Å². The highest BCUT2D eigenvalue weighted by atomic mass is 16.7. The molecule has 0 N–H and O–H groups in total. The highest BCUT2D eigenvalue weighted by Crippen LogP contribution is 2.71. The Labute approximate surface area is 147 Å². The maximum Gasteiger partial charge on any atom is 0.302 e. The van der Waals surface area contributed by atoms with E-state index in [9.17, 15) is 9.59 Å². The van der Waals surface area contributed by atoms with Crippen LogP contribution in [-0.4, -0.2) is 49.1 Å². The number of carbonyl (C=O) groups is 2. The number of esters is 2. The van der Waals surface area contributed by atoms with E-state index in [0.717, 1.165) is 12.8 Å². The Bertz CT molecular complexity index is 650. The van der Waals surface area contributed by atoms with E-state index in [1.165, 1.54) is 19.4 Å². The molecule has 0 aromatic rings. The molecule has 3 unspecified atom stereocenters. The molecular weight excluding hydrogens is 324 g/mol. The molecule has 2 heterocycles. The first-order valence-electron chi connectivity index (χ1n) is 9.01. The first-order valence-corrected chi connectivity index (χ1v) is 9.01. The molecular formula is C19H26O6. The summed E-state index contributed by atoms with van der Waals surface area (Å²) in [5.41, 5.74) is 0.201. The molecule has 4 aliphatic rings. The zero-order chi connectivity index (χ0) is 18.0. The van der Waals surface area contributed by atoms with Crippen molar-refractivity contribution >= 4 is 11.9 Å². The SMILES string of the molecule is CC(=O)OC[C@]12CCC(C)=CC1OC1[C@H](OC(C)=O)C[C@@]2(C)C12CO2. The normalized spacial score (nSPS) is 47.0. The van der Waals surface area contributed by atoms with Gasteiger partial charge in [0, 0.05) is 24.7 Å². The molecule has 2 bridgehead atoms. The molecule has 0 amide bonds. The van der Waals surface area contributed by atoms with Gasteiger partial charge in [0.2, 0.25) is 0 Å². The summed E-state index contributed by atoms with van der Waals surface area (Å²) in [6.07, 6.45) is 3.89. The Hall–Kier alpha value is -1.40. The second-order valence-electron chi connectivity index (χ2n) is 8.29. The predicted octanol–water partition coefficient (Wildman–Crippen LogP) is 2.15. The number of epoxide rings is 1. The Morgan fingerprint density at radius 1 is 1.32 bits per heavy atom. The van der Waals surface area contributed by atoms with Crippen LogP contribution in [0.1, 0.15) is 47.0 Å². The molecule has 2 aliphatic carbocycles. The van der Waals surface area contributed by atoms with Crippen molar-refractivity contribution in [3.8, 4) is 0 Å². The van der Waals surface area contributed by atoms with Crippen LogP contribution in [0.15, 0.2) is 11.6 Å². The maximum absolute atomic E-state index is 11.6. The van der Waals surface area contributed by atoms with Crippen molar-refractivity contribution in [2.24, 2.45) is 10.8 Å². The molecule has 1 spiro atoms. The van der Waals surface area contributed by atoms with Crippen LogP contribution < -0.4 is 0 Å². The number of carbonyl (C=O) groups excluding carboxylic acids is 2. The smallest absolute Gasteiger partial charge is 0.302 e. The van der Waals surface area contributed by atoms with Crippen molar-refractivity contribution in [2.75, 3.05) is 13.2 Å². The summed E-state index contributed by atoms with van der Waals surface area (Å²) in [5, 5.41) is 0. The lowest BCUT2D eigenvalue weighted by atomic mass is 9.52. The van der Waals surface area contributed by atoms with Gasteiger partial charge in [-0.05, 0) is 26.2 Å². The molecule has 1 saturated carbocycles. The van der Waals surface area contributed by atoms with Gasteiger partial charge < -0.3 is 18.9 Å². The van der Waals surface area contributed by atoms with Gasteiger partial charge in [-0.25, -0.2) is 0 Å². The molecule has 25 heavy (non-hydrogen) atoms. The minimum Gasteiger partial charge on any atom is -0.465 e. The molecule has 4 rings (SSSR count). The third-order valence-electron chi connectivity index (χ3n) is 6.98. The lowest BCUT2D eigenvalue weighted by Gasteiger charge is -2.57. The quantitative estimate of drug-likeness (QED) is 0.441. The Morgan fingerprint density at radius 3 is 2.64 bits per heavy atom. The largest absolute Gasteiger partial charge is 0.465 e. The van der Waals surface area contributed by atoms with Crippen LogP contribution in [0.3, 0.4) is 0 Å². The number of ether oxygens (including phenoxy) is 4. The van der Waals surface area contributed by atoms with Gasteiger partial charge in [0.25, 0.3) is 0 Å². The van der Waals surface area contributed by atoms with Crippen LogP contribution in [-0.2, 0) is 28.5 Å². The van der Waals surface area contributed by atoms with Gasteiger partial charge in [0.15, 0.2) is 0 Å². The van der Waals surface area contributed by atoms with Crippen LogP contribution in [0, 0.1) is 10.8 Å². The van der Waals surface area contributed by atoms with Crippen LogP contribution in [0.4, 0.5) is 0 Å². The van der Waals surface area contributed by atoms with Crippen molar-refractivity contribution in [1.82, 2.24) is 0 Å². The third kappa shape index (κ3) is 2.16. The molecule has 2 saturated heterocycles. The van der Waals surface area contributed by atoms with Gasteiger partial charge >= 0.3 is 11.9 Å². The highest BCUT2D eigenvalue weighted by Gasteiger charge is 2.81. The molecule has 3 fully saturated rings. The Morgan fingerprint density at radius 2 is 2.04 bits per heavy atom. The molecule has 0 aromatic carbocycles.